The summed E-state index contributed by atoms with van der Waals surface area (Å²) in [6.45, 7) is 3.75. The number of carboxylic acids is 1. The molecule has 0 fully saturated rings. The fourth-order valence-corrected chi connectivity index (χ4v) is 4.55. The first-order valence-electron chi connectivity index (χ1n) is 13.0. The highest BCUT2D eigenvalue weighted by atomic mass is 16.4. The number of Topliss-reactive ketones (excluding diaryl/α,β-unsaturated/α-hetero) is 1. The molecule has 0 heterocycles. The molecule has 40 heavy (non-hydrogen) atoms. The van der Waals surface area contributed by atoms with Crippen LogP contribution in [0.15, 0.2) is 121 Å². The average molecular weight is 533 g/mol. The van der Waals surface area contributed by atoms with Crippen LogP contribution in [0.25, 0.3) is 11.1 Å². The molecule has 0 saturated carbocycles. The number of hydrogen-bond donors (Lipinski definition) is 3. The molecule has 6 nitrogen and oxygen atoms in total. The predicted octanol–water partition coefficient (Wildman–Crippen LogP) is 6.00. The number of ketones is 2. The van der Waals surface area contributed by atoms with Gasteiger partial charge in [-0.2, -0.15) is 0 Å². The van der Waals surface area contributed by atoms with Crippen LogP contribution < -0.4 is 10.6 Å². The number of rotatable bonds is 12. The minimum absolute atomic E-state index is 0.0288. The lowest BCUT2D eigenvalue weighted by molar-refractivity contribution is -0.144. The van der Waals surface area contributed by atoms with E-state index in [2.05, 4.69) is 10.6 Å². The number of carboxylic acid groups (broad SMARTS) is 1. The maximum atomic E-state index is 12.7. The van der Waals surface area contributed by atoms with Gasteiger partial charge in [0, 0.05) is 29.4 Å². The summed E-state index contributed by atoms with van der Waals surface area (Å²) in [5, 5.41) is 16.6. The number of carbonyl (C=O) groups excluding carboxylic acids is 2. The summed E-state index contributed by atoms with van der Waals surface area (Å²) in [7, 11) is 0. The van der Waals surface area contributed by atoms with Crippen molar-refractivity contribution >= 4 is 17.5 Å². The van der Waals surface area contributed by atoms with Crippen molar-refractivity contribution in [1.82, 2.24) is 10.6 Å². The summed E-state index contributed by atoms with van der Waals surface area (Å²) in [5.41, 5.74) is 3.35. The maximum absolute atomic E-state index is 12.7. The standard InChI is InChI=1S/C34H32N2O4/c1-24(20-31(37)26-14-8-4-9-15-26)36-34(2,33(39)40)29-18-19-30(25-12-6-3-7-13-25)28(21-29)22-35-23-32(38)27-16-10-5-11-17-27/h3-21,35-36H,22-23H2,1-2H3,(H,39,40). The summed E-state index contributed by atoms with van der Waals surface area (Å²) in [6, 6.07) is 33.2. The molecule has 0 bridgehead atoms. The van der Waals surface area contributed by atoms with Crippen molar-refractivity contribution in [2.24, 2.45) is 0 Å². The van der Waals surface area contributed by atoms with Gasteiger partial charge < -0.3 is 15.7 Å². The third-order valence-corrected chi connectivity index (χ3v) is 6.74. The molecule has 1 atom stereocenters. The largest absolute Gasteiger partial charge is 0.479 e. The summed E-state index contributed by atoms with van der Waals surface area (Å²) >= 11 is 0. The number of hydrogen-bond acceptors (Lipinski definition) is 5. The van der Waals surface area contributed by atoms with Crippen LogP contribution in [0.5, 0.6) is 0 Å². The van der Waals surface area contributed by atoms with E-state index in [4.69, 9.17) is 0 Å². The van der Waals surface area contributed by atoms with E-state index in [9.17, 15) is 19.5 Å². The molecule has 0 aromatic heterocycles. The quantitative estimate of drug-likeness (QED) is 0.153. The van der Waals surface area contributed by atoms with E-state index < -0.39 is 11.5 Å². The third kappa shape index (κ3) is 6.79. The molecule has 6 heteroatoms. The number of nitrogens with one attached hydrogen (secondary N) is 2. The van der Waals surface area contributed by atoms with Gasteiger partial charge >= 0.3 is 5.97 Å². The topological polar surface area (TPSA) is 95.5 Å². The van der Waals surface area contributed by atoms with E-state index in [-0.39, 0.29) is 18.1 Å². The Bertz CT molecular complexity index is 1520. The van der Waals surface area contributed by atoms with E-state index in [0.29, 0.717) is 28.9 Å². The zero-order valence-electron chi connectivity index (χ0n) is 22.6. The highest BCUT2D eigenvalue weighted by molar-refractivity contribution is 6.04. The van der Waals surface area contributed by atoms with Gasteiger partial charge in [0.2, 0.25) is 0 Å². The summed E-state index contributed by atoms with van der Waals surface area (Å²) < 4.78 is 0. The summed E-state index contributed by atoms with van der Waals surface area (Å²) in [4.78, 5) is 37.9. The Morgan fingerprint density at radius 2 is 1.38 bits per heavy atom. The number of allylic oxidation sites excluding steroid dienone is 2. The molecule has 3 N–H and O–H groups in total. The van der Waals surface area contributed by atoms with Crippen molar-refractivity contribution < 1.29 is 19.5 Å². The lowest BCUT2D eigenvalue weighted by atomic mass is 9.87. The Morgan fingerprint density at radius 1 is 0.800 bits per heavy atom. The Labute approximate surface area is 234 Å². The molecule has 202 valence electrons. The predicted molar refractivity (Wildman–Crippen MR) is 157 cm³/mol. The van der Waals surface area contributed by atoms with E-state index in [0.717, 1.165) is 16.7 Å². The highest BCUT2D eigenvalue weighted by Crippen LogP contribution is 2.30. The second kappa shape index (κ2) is 12.8. The molecule has 1 unspecified atom stereocenters. The van der Waals surface area contributed by atoms with E-state index in [1.165, 1.54) is 6.08 Å². The van der Waals surface area contributed by atoms with Crippen molar-refractivity contribution in [2.75, 3.05) is 6.54 Å². The minimum Gasteiger partial charge on any atom is -0.479 e. The zero-order chi connectivity index (χ0) is 28.5. The number of aliphatic carboxylic acids is 1. The maximum Gasteiger partial charge on any atom is 0.333 e. The van der Waals surface area contributed by atoms with E-state index in [1.54, 1.807) is 56.3 Å². The van der Waals surface area contributed by atoms with Crippen LogP contribution in [0.3, 0.4) is 0 Å². The fourth-order valence-electron chi connectivity index (χ4n) is 4.55. The van der Waals surface area contributed by atoms with Gasteiger partial charge in [-0.05, 0) is 36.1 Å². The number of carbonyl (C=O) groups is 3. The number of benzene rings is 4. The van der Waals surface area contributed by atoms with Crippen molar-refractivity contribution in [3.8, 4) is 11.1 Å². The lowest BCUT2D eigenvalue weighted by Crippen LogP contribution is -2.46. The van der Waals surface area contributed by atoms with Crippen LogP contribution in [0.1, 0.15) is 45.7 Å². The Kier molecular flexibility index (Phi) is 9.04. The smallest absolute Gasteiger partial charge is 0.333 e. The Morgan fingerprint density at radius 3 is 1.98 bits per heavy atom. The van der Waals surface area contributed by atoms with Crippen LogP contribution in [0.4, 0.5) is 0 Å². The molecule has 4 aromatic carbocycles. The SMILES string of the molecule is CC(=CC(=O)c1ccccc1)NC(C)(C(=O)O)c1ccc(-c2ccccc2)c(CNCC(=O)c2ccccc2)c1. The third-order valence-electron chi connectivity index (χ3n) is 6.74. The van der Waals surface area contributed by atoms with Crippen LogP contribution in [-0.4, -0.2) is 29.2 Å². The average Bonchev–Trinajstić information content (AvgIpc) is 2.98. The van der Waals surface area contributed by atoms with Crippen LogP contribution in [0, 0.1) is 0 Å². The molecule has 0 amide bonds. The molecule has 0 aliphatic heterocycles. The molecule has 4 aromatic rings. The van der Waals surface area contributed by atoms with Crippen LogP contribution in [0.2, 0.25) is 0 Å². The van der Waals surface area contributed by atoms with Gasteiger partial charge in [-0.15, -0.1) is 0 Å². The zero-order valence-corrected chi connectivity index (χ0v) is 22.6. The van der Waals surface area contributed by atoms with E-state index >= 15 is 0 Å². The van der Waals surface area contributed by atoms with Gasteiger partial charge in [-0.3, -0.25) is 9.59 Å². The summed E-state index contributed by atoms with van der Waals surface area (Å²) in [5.74, 6) is -1.33. The van der Waals surface area contributed by atoms with Gasteiger partial charge in [0.05, 0.1) is 6.54 Å². The molecule has 0 saturated heterocycles. The molecule has 0 radical (unpaired) electrons. The van der Waals surface area contributed by atoms with Crippen molar-refractivity contribution in [3.05, 3.63) is 143 Å². The van der Waals surface area contributed by atoms with Gasteiger partial charge in [-0.25, -0.2) is 4.79 Å². The van der Waals surface area contributed by atoms with Gasteiger partial charge in [-0.1, -0.05) is 109 Å². The second-order valence-electron chi connectivity index (χ2n) is 9.74. The minimum atomic E-state index is -1.51. The second-order valence-corrected chi connectivity index (χ2v) is 9.74. The van der Waals surface area contributed by atoms with Gasteiger partial charge in [0.15, 0.2) is 17.1 Å². The van der Waals surface area contributed by atoms with Crippen LogP contribution >= 0.6 is 0 Å². The fraction of sp³-hybridized carbons (Fsp3) is 0.147. The van der Waals surface area contributed by atoms with Crippen molar-refractivity contribution in [1.29, 1.82) is 0 Å². The molecule has 4 rings (SSSR count). The molecular weight excluding hydrogens is 500 g/mol. The molecule has 0 aliphatic rings. The molecule has 0 spiro atoms. The highest BCUT2D eigenvalue weighted by Gasteiger charge is 2.36. The Hall–Kier alpha value is -4.81. The molecule has 0 aliphatic carbocycles. The first kappa shape index (κ1) is 28.2. The van der Waals surface area contributed by atoms with Crippen LogP contribution in [-0.2, 0) is 16.9 Å². The monoisotopic (exact) mass is 532 g/mol. The van der Waals surface area contributed by atoms with Gasteiger partial charge in [0.1, 0.15) is 0 Å². The van der Waals surface area contributed by atoms with Crippen molar-refractivity contribution in [2.45, 2.75) is 25.9 Å². The van der Waals surface area contributed by atoms with Crippen molar-refractivity contribution in [3.63, 3.8) is 0 Å². The lowest BCUT2D eigenvalue weighted by Gasteiger charge is -2.29. The molecular formula is C34H32N2O4. The first-order valence-corrected chi connectivity index (χ1v) is 13.0. The van der Waals surface area contributed by atoms with E-state index in [1.807, 2.05) is 66.7 Å². The van der Waals surface area contributed by atoms with Gasteiger partial charge in [0.25, 0.3) is 0 Å². The normalized spacial score (nSPS) is 12.8. The summed E-state index contributed by atoms with van der Waals surface area (Å²) in [6.07, 6.45) is 1.41. The Balaban J connectivity index is 1.62. The first-order chi connectivity index (χ1) is 19.3.